The van der Waals surface area contributed by atoms with Crippen molar-refractivity contribution in [3.05, 3.63) is 37.6 Å². The molecule has 0 fully saturated rings. The molecule has 0 unspecified atom stereocenters. The Kier molecular flexibility index (Phi) is 4.56. The molecule has 9 heteroatoms. The number of phenols is 1. The second kappa shape index (κ2) is 5.73. The SMILES string of the molecule is Cc1cc(Cl)cc(NS(=O)(=O)c2cc(Cl)c(Br)s2)c1O. The molecule has 0 bridgehead atoms. The van der Waals surface area contributed by atoms with Crippen LogP contribution in [0.3, 0.4) is 0 Å². The van der Waals surface area contributed by atoms with Crippen LogP contribution in [-0.4, -0.2) is 13.5 Å². The van der Waals surface area contributed by atoms with Gasteiger partial charge in [0.05, 0.1) is 14.5 Å². The van der Waals surface area contributed by atoms with E-state index < -0.39 is 10.0 Å². The van der Waals surface area contributed by atoms with E-state index in [1.165, 1.54) is 18.2 Å². The van der Waals surface area contributed by atoms with E-state index in [-0.39, 0.29) is 15.6 Å². The van der Waals surface area contributed by atoms with E-state index in [0.29, 0.717) is 19.4 Å². The van der Waals surface area contributed by atoms with Crippen molar-refractivity contribution < 1.29 is 13.5 Å². The first-order valence-corrected chi connectivity index (χ1v) is 9.02. The molecular weight excluding hydrogens is 409 g/mol. The van der Waals surface area contributed by atoms with Crippen molar-refractivity contribution in [2.24, 2.45) is 0 Å². The van der Waals surface area contributed by atoms with Crippen molar-refractivity contribution in [3.8, 4) is 5.75 Å². The number of halogens is 3. The molecule has 0 spiro atoms. The number of hydrogen-bond acceptors (Lipinski definition) is 4. The maximum atomic E-state index is 12.2. The van der Waals surface area contributed by atoms with Gasteiger partial charge in [-0.1, -0.05) is 23.2 Å². The van der Waals surface area contributed by atoms with Crippen LogP contribution in [0.1, 0.15) is 5.56 Å². The number of thiophene rings is 1. The highest BCUT2D eigenvalue weighted by atomic mass is 79.9. The van der Waals surface area contributed by atoms with Crippen LogP contribution in [0.15, 0.2) is 26.2 Å². The van der Waals surface area contributed by atoms with E-state index in [9.17, 15) is 13.5 Å². The van der Waals surface area contributed by atoms with Gasteiger partial charge in [0.1, 0.15) is 9.96 Å². The number of aryl methyl sites for hydroxylation is 1. The molecule has 0 amide bonds. The zero-order valence-corrected chi connectivity index (χ0v) is 14.7. The summed E-state index contributed by atoms with van der Waals surface area (Å²) in [5.74, 6) is -0.167. The first kappa shape index (κ1) is 15.9. The average Bonchev–Trinajstić information content (AvgIpc) is 2.66. The maximum Gasteiger partial charge on any atom is 0.271 e. The summed E-state index contributed by atoms with van der Waals surface area (Å²) >= 11 is 15.8. The molecular formula is C11H8BrCl2NO3S2. The summed E-state index contributed by atoms with van der Waals surface area (Å²) in [5, 5.41) is 10.5. The highest BCUT2D eigenvalue weighted by molar-refractivity contribution is 9.11. The van der Waals surface area contributed by atoms with Crippen LogP contribution in [0, 0.1) is 6.92 Å². The molecule has 1 aromatic carbocycles. The fraction of sp³-hybridized carbons (Fsp3) is 0.0909. The summed E-state index contributed by atoms with van der Waals surface area (Å²) in [4.78, 5) is 0. The molecule has 2 rings (SSSR count). The van der Waals surface area contributed by atoms with Crippen LogP contribution in [0.5, 0.6) is 5.75 Å². The molecule has 2 N–H and O–H groups in total. The van der Waals surface area contributed by atoms with Gasteiger partial charge in [-0.2, -0.15) is 0 Å². The molecule has 0 atom stereocenters. The van der Waals surface area contributed by atoms with Gasteiger partial charge in [0, 0.05) is 5.02 Å². The van der Waals surface area contributed by atoms with Gasteiger partial charge in [-0.3, -0.25) is 4.72 Å². The van der Waals surface area contributed by atoms with Crippen molar-refractivity contribution >= 4 is 66.2 Å². The highest BCUT2D eigenvalue weighted by Crippen LogP contribution is 2.37. The highest BCUT2D eigenvalue weighted by Gasteiger charge is 2.21. The smallest absolute Gasteiger partial charge is 0.271 e. The van der Waals surface area contributed by atoms with Gasteiger partial charge in [0.25, 0.3) is 10.0 Å². The Bertz CT molecular complexity index is 755. The Hall–Kier alpha value is -0.470. The Balaban J connectivity index is 2.43. The monoisotopic (exact) mass is 415 g/mol. The van der Waals surface area contributed by atoms with Gasteiger partial charge >= 0.3 is 0 Å². The second-order valence-corrected chi connectivity index (χ2v) is 9.03. The van der Waals surface area contributed by atoms with Gasteiger partial charge in [-0.15, -0.1) is 11.3 Å². The normalized spacial score (nSPS) is 11.6. The third-order valence-electron chi connectivity index (χ3n) is 2.40. The van der Waals surface area contributed by atoms with Gasteiger partial charge in [0.15, 0.2) is 0 Å². The Morgan fingerprint density at radius 2 is 1.95 bits per heavy atom. The molecule has 1 heterocycles. The third-order valence-corrected chi connectivity index (χ3v) is 6.93. The first-order chi connectivity index (χ1) is 9.20. The van der Waals surface area contributed by atoms with Gasteiger partial charge in [-0.25, -0.2) is 8.42 Å². The van der Waals surface area contributed by atoms with Crippen molar-refractivity contribution in [1.29, 1.82) is 0 Å². The Labute approximate surface area is 138 Å². The zero-order chi connectivity index (χ0) is 15.1. The number of benzene rings is 1. The largest absolute Gasteiger partial charge is 0.505 e. The minimum atomic E-state index is -3.84. The van der Waals surface area contributed by atoms with Crippen LogP contribution >= 0.6 is 50.5 Å². The molecule has 1 aromatic heterocycles. The molecule has 0 radical (unpaired) electrons. The Morgan fingerprint density at radius 3 is 2.50 bits per heavy atom. The van der Waals surface area contributed by atoms with E-state index in [0.717, 1.165) is 11.3 Å². The van der Waals surface area contributed by atoms with Crippen LogP contribution in [-0.2, 0) is 10.0 Å². The van der Waals surface area contributed by atoms with Gasteiger partial charge in [-0.05, 0) is 46.6 Å². The van der Waals surface area contributed by atoms with Crippen molar-refractivity contribution in [2.75, 3.05) is 4.72 Å². The van der Waals surface area contributed by atoms with Crippen molar-refractivity contribution in [3.63, 3.8) is 0 Å². The summed E-state index contributed by atoms with van der Waals surface area (Å²) in [7, 11) is -3.84. The molecule has 0 aliphatic rings. The second-order valence-electron chi connectivity index (χ2n) is 3.91. The fourth-order valence-electron chi connectivity index (χ4n) is 1.47. The lowest BCUT2D eigenvalue weighted by Crippen LogP contribution is -2.11. The van der Waals surface area contributed by atoms with E-state index in [1.807, 2.05) is 0 Å². The van der Waals surface area contributed by atoms with E-state index in [4.69, 9.17) is 23.2 Å². The molecule has 0 aliphatic heterocycles. The predicted octanol–water partition coefficient (Wildman–Crippen LogP) is 4.63. The van der Waals surface area contributed by atoms with E-state index in [2.05, 4.69) is 20.7 Å². The van der Waals surface area contributed by atoms with Gasteiger partial charge < -0.3 is 5.11 Å². The summed E-state index contributed by atoms with van der Waals surface area (Å²) in [6, 6.07) is 4.20. The topological polar surface area (TPSA) is 66.4 Å². The molecule has 0 saturated carbocycles. The minimum Gasteiger partial charge on any atom is -0.505 e. The lowest BCUT2D eigenvalue weighted by atomic mass is 10.2. The number of hydrogen-bond donors (Lipinski definition) is 2. The Morgan fingerprint density at radius 1 is 1.30 bits per heavy atom. The number of rotatable bonds is 3. The van der Waals surface area contributed by atoms with E-state index in [1.54, 1.807) is 6.92 Å². The first-order valence-electron chi connectivity index (χ1n) is 5.17. The van der Waals surface area contributed by atoms with Crippen LogP contribution < -0.4 is 4.72 Å². The number of aromatic hydroxyl groups is 1. The number of anilines is 1. The summed E-state index contributed by atoms with van der Waals surface area (Å²) in [5.41, 5.74) is 0.497. The van der Waals surface area contributed by atoms with Gasteiger partial charge in [0.2, 0.25) is 0 Å². The summed E-state index contributed by atoms with van der Waals surface area (Å²) in [6.07, 6.45) is 0. The zero-order valence-electron chi connectivity index (χ0n) is 9.95. The molecule has 2 aromatic rings. The van der Waals surface area contributed by atoms with E-state index >= 15 is 0 Å². The minimum absolute atomic E-state index is 0.0237. The van der Waals surface area contributed by atoms with Crippen LogP contribution in [0.4, 0.5) is 5.69 Å². The van der Waals surface area contributed by atoms with Crippen molar-refractivity contribution in [2.45, 2.75) is 11.1 Å². The third kappa shape index (κ3) is 3.23. The van der Waals surface area contributed by atoms with Crippen molar-refractivity contribution in [1.82, 2.24) is 0 Å². The standard InChI is InChI=1S/C11H8BrCl2NO3S2/c1-5-2-6(13)3-8(10(5)16)15-20(17,18)9-4-7(14)11(12)19-9/h2-4,15-16H,1H3. The summed E-state index contributed by atoms with van der Waals surface area (Å²) < 4.78 is 27.3. The number of phenolic OH excluding ortho intramolecular Hbond substituents is 1. The molecule has 0 saturated heterocycles. The lowest BCUT2D eigenvalue weighted by molar-refractivity contribution is 0.473. The quantitative estimate of drug-likeness (QED) is 0.716. The predicted molar refractivity (Wildman–Crippen MR) is 85.7 cm³/mol. The maximum absolute atomic E-state index is 12.2. The molecule has 20 heavy (non-hydrogen) atoms. The number of sulfonamides is 1. The fourth-order valence-corrected chi connectivity index (χ4v) is 5.20. The number of nitrogens with one attached hydrogen (secondary N) is 1. The van der Waals surface area contributed by atoms with Crippen LogP contribution in [0.2, 0.25) is 10.0 Å². The lowest BCUT2D eigenvalue weighted by Gasteiger charge is -2.10. The average molecular weight is 417 g/mol. The summed E-state index contributed by atoms with van der Waals surface area (Å²) in [6.45, 7) is 1.62. The molecule has 4 nitrogen and oxygen atoms in total. The molecule has 0 aliphatic carbocycles. The molecule has 108 valence electrons. The van der Waals surface area contributed by atoms with Crippen LogP contribution in [0.25, 0.3) is 0 Å².